The summed E-state index contributed by atoms with van der Waals surface area (Å²) in [4.78, 5) is -1.02. The lowest BCUT2D eigenvalue weighted by Gasteiger charge is -2.13. The number of anilines is 1. The molecule has 4 aromatic rings. The molecule has 0 heterocycles. The molecule has 4 rings (SSSR count). The van der Waals surface area contributed by atoms with Gasteiger partial charge in [-0.25, -0.2) is 8.42 Å². The van der Waals surface area contributed by atoms with Gasteiger partial charge in [0.1, 0.15) is 15.8 Å². The highest BCUT2D eigenvalue weighted by atomic mass is 32.2. The third kappa shape index (κ3) is 5.52. The number of aromatic hydroxyl groups is 1. The van der Waals surface area contributed by atoms with Crippen LogP contribution in [0.4, 0.5) is 28.4 Å². The van der Waals surface area contributed by atoms with E-state index in [2.05, 4.69) is 20.5 Å². The largest absolute Gasteiger partial charge is 0.744 e. The fourth-order valence-corrected chi connectivity index (χ4v) is 4.28. The molecule has 0 aliphatic rings. The van der Waals surface area contributed by atoms with E-state index in [-0.39, 0.29) is 21.4 Å². The summed E-state index contributed by atoms with van der Waals surface area (Å²) in [6.45, 7) is 0. The number of phenolic OH excluding ortho intramolecular Hbond substituents is 1. The molecule has 36 heavy (non-hydrogen) atoms. The predicted octanol–water partition coefficient (Wildman–Crippen LogP) is 5.11. The first-order chi connectivity index (χ1) is 16.9. The number of nitrogens with two attached hydrogens (primary N) is 1. The van der Waals surface area contributed by atoms with Crippen LogP contribution < -0.4 is 5.73 Å². The zero-order valence-corrected chi connectivity index (χ0v) is 19.7. The Kier molecular flexibility index (Phi) is 6.51. The molecule has 0 bridgehead atoms. The average molecular weight is 527 g/mol. The molecule has 14 heteroatoms. The minimum Gasteiger partial charge on any atom is -0.744 e. The summed E-state index contributed by atoms with van der Waals surface area (Å²) in [5.74, 6) is -0.531. The fraction of sp³-hybridized carbons (Fsp3) is 0. The number of rotatable bonds is 6. The van der Waals surface area contributed by atoms with E-state index in [9.17, 15) is 26.5 Å². The first-order valence-electron chi connectivity index (χ1n) is 9.94. The van der Waals surface area contributed by atoms with Crippen LogP contribution in [0.1, 0.15) is 0 Å². The third-order valence-electron chi connectivity index (χ3n) is 4.88. The summed E-state index contributed by atoms with van der Waals surface area (Å²) in [6, 6.07) is 16.6. The molecule has 0 spiro atoms. The van der Waals surface area contributed by atoms with Gasteiger partial charge in [-0.1, -0.05) is 0 Å². The van der Waals surface area contributed by atoms with Crippen molar-refractivity contribution in [2.45, 2.75) is 9.79 Å². The van der Waals surface area contributed by atoms with Crippen LogP contribution in [-0.4, -0.2) is 31.0 Å². The molecule has 0 aliphatic heterocycles. The highest BCUT2D eigenvalue weighted by Crippen LogP contribution is 2.41. The van der Waals surface area contributed by atoms with E-state index in [4.69, 9.17) is 10.3 Å². The van der Waals surface area contributed by atoms with Crippen molar-refractivity contribution in [2.75, 3.05) is 5.73 Å². The zero-order valence-electron chi connectivity index (χ0n) is 18.0. The molecule has 0 radical (unpaired) electrons. The summed E-state index contributed by atoms with van der Waals surface area (Å²) in [7, 11) is -9.30. The molecule has 0 aliphatic carbocycles. The summed E-state index contributed by atoms with van der Waals surface area (Å²) < 4.78 is 66.5. The lowest BCUT2D eigenvalue weighted by Crippen LogP contribution is -1.99. The second-order valence-corrected chi connectivity index (χ2v) is 10.2. The van der Waals surface area contributed by atoms with E-state index in [0.29, 0.717) is 17.1 Å². The molecule has 0 aromatic heterocycles. The molecule has 4 aromatic carbocycles. The zero-order chi connectivity index (χ0) is 26.1. The molecular weight excluding hydrogens is 510 g/mol. The Morgan fingerprint density at radius 3 is 1.72 bits per heavy atom. The molecule has 184 valence electrons. The van der Waals surface area contributed by atoms with Gasteiger partial charge in [0.05, 0.1) is 26.9 Å². The van der Waals surface area contributed by atoms with Crippen LogP contribution in [0, 0.1) is 0 Å². The van der Waals surface area contributed by atoms with Gasteiger partial charge in [-0.05, 0) is 78.2 Å². The lowest BCUT2D eigenvalue weighted by atomic mass is 10.1. The Morgan fingerprint density at radius 2 is 1.22 bits per heavy atom. The van der Waals surface area contributed by atoms with Crippen molar-refractivity contribution in [1.29, 1.82) is 0 Å². The van der Waals surface area contributed by atoms with Crippen molar-refractivity contribution in [1.82, 2.24) is 0 Å². The highest BCUT2D eigenvalue weighted by Gasteiger charge is 2.17. The van der Waals surface area contributed by atoms with Crippen molar-refractivity contribution >= 4 is 59.4 Å². The van der Waals surface area contributed by atoms with Gasteiger partial charge in [-0.15, -0.1) is 5.11 Å². The molecule has 0 saturated heterocycles. The predicted molar refractivity (Wildman–Crippen MR) is 129 cm³/mol. The van der Waals surface area contributed by atoms with Crippen LogP contribution in [-0.2, 0) is 20.2 Å². The Labute approximate surface area is 205 Å². The van der Waals surface area contributed by atoms with Crippen LogP contribution in [0.25, 0.3) is 10.8 Å². The number of azo groups is 2. The smallest absolute Gasteiger partial charge is 0.294 e. The van der Waals surface area contributed by atoms with E-state index in [1.54, 1.807) is 0 Å². The molecule has 0 fully saturated rings. The maximum absolute atomic E-state index is 11.8. The van der Waals surface area contributed by atoms with Gasteiger partial charge in [-0.2, -0.15) is 23.8 Å². The topological polar surface area (TPSA) is 207 Å². The molecule has 0 unspecified atom stereocenters. The average Bonchev–Trinajstić information content (AvgIpc) is 2.81. The maximum atomic E-state index is 11.8. The van der Waals surface area contributed by atoms with E-state index < -0.39 is 36.6 Å². The molecular formula is C22H16N5O7S2-. The Balaban J connectivity index is 1.60. The Hall–Kier alpha value is -4.24. The van der Waals surface area contributed by atoms with Gasteiger partial charge in [0.15, 0.2) is 5.75 Å². The van der Waals surface area contributed by atoms with Gasteiger partial charge in [-0.3, -0.25) is 4.55 Å². The first-order valence-corrected chi connectivity index (χ1v) is 12.8. The molecule has 4 N–H and O–H groups in total. The number of nitrogen functional groups attached to an aromatic ring is 1. The van der Waals surface area contributed by atoms with Crippen molar-refractivity contribution in [3.05, 3.63) is 72.8 Å². The Morgan fingerprint density at radius 1 is 0.722 bits per heavy atom. The highest BCUT2D eigenvalue weighted by molar-refractivity contribution is 7.86. The monoisotopic (exact) mass is 526 g/mol. The van der Waals surface area contributed by atoms with Gasteiger partial charge < -0.3 is 15.4 Å². The van der Waals surface area contributed by atoms with Crippen LogP contribution in [0.5, 0.6) is 5.75 Å². The summed E-state index contributed by atoms with van der Waals surface area (Å²) in [6.07, 6.45) is 0. The second-order valence-electron chi connectivity index (χ2n) is 7.39. The number of nitrogens with zero attached hydrogens (tertiary/aromatic N) is 4. The third-order valence-corrected chi connectivity index (χ3v) is 6.59. The summed E-state index contributed by atoms with van der Waals surface area (Å²) in [5, 5.41) is 26.7. The van der Waals surface area contributed by atoms with E-state index in [1.807, 2.05) is 0 Å². The molecule has 0 atom stereocenters. The molecule has 12 nitrogen and oxygen atoms in total. The lowest BCUT2D eigenvalue weighted by molar-refractivity contribution is 0.458. The van der Waals surface area contributed by atoms with Gasteiger partial charge in [0, 0.05) is 11.1 Å². The van der Waals surface area contributed by atoms with Crippen LogP contribution >= 0.6 is 0 Å². The molecule has 0 amide bonds. The fourth-order valence-electron chi connectivity index (χ4n) is 3.15. The minimum atomic E-state index is -5.00. The summed E-state index contributed by atoms with van der Waals surface area (Å²) in [5.41, 5.74) is 6.52. The van der Waals surface area contributed by atoms with E-state index in [0.717, 1.165) is 6.07 Å². The van der Waals surface area contributed by atoms with Gasteiger partial charge in [0.2, 0.25) is 0 Å². The maximum Gasteiger partial charge on any atom is 0.294 e. The number of fused-ring (bicyclic) bond motifs is 1. The quantitative estimate of drug-likeness (QED) is 0.174. The van der Waals surface area contributed by atoms with Crippen LogP contribution in [0.15, 0.2) is 103 Å². The summed E-state index contributed by atoms with van der Waals surface area (Å²) >= 11 is 0. The van der Waals surface area contributed by atoms with Crippen molar-refractivity contribution < 1.29 is 31.0 Å². The van der Waals surface area contributed by atoms with E-state index in [1.165, 1.54) is 66.7 Å². The van der Waals surface area contributed by atoms with Crippen LogP contribution in [0.3, 0.4) is 0 Å². The second kappa shape index (κ2) is 9.43. The van der Waals surface area contributed by atoms with Gasteiger partial charge >= 0.3 is 0 Å². The number of benzene rings is 4. The number of hydrogen-bond donors (Lipinski definition) is 3. The van der Waals surface area contributed by atoms with Crippen molar-refractivity contribution in [3.8, 4) is 5.75 Å². The Bertz CT molecular complexity index is 1730. The SMILES string of the molecule is Nc1ccc2c(O)c(N=Nc3ccc(N=Nc4ccc(S(=O)(=O)O)cc4)cc3)c(S(=O)(=O)[O-])cc2c1. The minimum absolute atomic E-state index is 0.242. The molecule has 0 saturated carbocycles. The van der Waals surface area contributed by atoms with Crippen LogP contribution in [0.2, 0.25) is 0 Å². The first kappa shape index (κ1) is 24.9. The number of phenols is 1. The van der Waals surface area contributed by atoms with Gasteiger partial charge in [0.25, 0.3) is 10.1 Å². The number of hydrogen-bond acceptors (Lipinski definition) is 11. The standard InChI is InChI=1S/C22H17N5O7S2/c23-14-1-10-19-13(11-14)12-20(36(32,33)34)21(22(19)28)27-26-16-4-2-15(3-5-16)24-25-17-6-8-18(9-7-17)35(29,30)31/h1-12,28H,23H2,(H,29,30,31)(H,32,33,34)/p-1. The van der Waals surface area contributed by atoms with E-state index >= 15 is 0 Å². The normalized spacial score (nSPS) is 12.6. The van der Waals surface area contributed by atoms with Crippen molar-refractivity contribution in [3.63, 3.8) is 0 Å². The van der Waals surface area contributed by atoms with Crippen molar-refractivity contribution in [2.24, 2.45) is 20.5 Å².